The van der Waals surface area contributed by atoms with E-state index in [0.29, 0.717) is 17.9 Å². The Hall–Kier alpha value is -2.15. The molecule has 0 saturated carbocycles. The van der Waals surface area contributed by atoms with E-state index in [9.17, 15) is 4.79 Å². The minimum Gasteiger partial charge on any atom is -0.496 e. The predicted octanol–water partition coefficient (Wildman–Crippen LogP) is 0.273. The average Bonchev–Trinajstić information content (AvgIpc) is 2.70. The van der Waals surface area contributed by atoms with E-state index < -0.39 is 0 Å². The number of benzene rings is 1. The van der Waals surface area contributed by atoms with Crippen molar-refractivity contribution in [2.24, 2.45) is 12.8 Å². The monoisotopic (exact) mass is 278 g/mol. The third kappa shape index (κ3) is 2.65. The molecule has 0 atom stereocenters. The van der Waals surface area contributed by atoms with Gasteiger partial charge in [-0.05, 0) is 17.7 Å². The average molecular weight is 278 g/mol. The standard InChI is InChI=1S/C12H14N4O2S/c1-15-7-14-16(12(15)17)6-8-3-4-10(18-2)9(5-8)11(13)19/h3-5,7H,6H2,1-2H3,(H2,13,19). The van der Waals surface area contributed by atoms with E-state index in [4.69, 9.17) is 22.7 Å². The maximum absolute atomic E-state index is 11.7. The molecule has 1 heterocycles. The van der Waals surface area contributed by atoms with Crippen molar-refractivity contribution < 1.29 is 4.74 Å². The smallest absolute Gasteiger partial charge is 0.345 e. The van der Waals surface area contributed by atoms with Crippen LogP contribution in [0.4, 0.5) is 0 Å². The first kappa shape index (κ1) is 13.3. The second kappa shape index (κ2) is 5.23. The molecule has 1 aromatic carbocycles. The Morgan fingerprint density at radius 2 is 2.26 bits per heavy atom. The molecular weight excluding hydrogens is 264 g/mol. The fourth-order valence-corrected chi connectivity index (χ4v) is 1.91. The number of hydrogen-bond donors (Lipinski definition) is 1. The molecule has 0 aliphatic heterocycles. The highest BCUT2D eigenvalue weighted by Gasteiger charge is 2.09. The number of nitrogens with zero attached hydrogens (tertiary/aromatic N) is 3. The van der Waals surface area contributed by atoms with Gasteiger partial charge in [-0.3, -0.25) is 4.57 Å². The van der Waals surface area contributed by atoms with Crippen LogP contribution in [0.2, 0.25) is 0 Å². The highest BCUT2D eigenvalue weighted by atomic mass is 32.1. The number of rotatable bonds is 4. The normalized spacial score (nSPS) is 10.4. The lowest BCUT2D eigenvalue weighted by molar-refractivity contribution is 0.413. The summed E-state index contributed by atoms with van der Waals surface area (Å²) in [6.45, 7) is 0.360. The van der Waals surface area contributed by atoms with Gasteiger partial charge in [-0.25, -0.2) is 9.48 Å². The molecule has 1 aromatic heterocycles. The van der Waals surface area contributed by atoms with Crippen LogP contribution < -0.4 is 16.2 Å². The summed E-state index contributed by atoms with van der Waals surface area (Å²) < 4.78 is 7.96. The van der Waals surface area contributed by atoms with E-state index in [1.165, 1.54) is 15.6 Å². The van der Waals surface area contributed by atoms with Gasteiger partial charge in [0, 0.05) is 7.05 Å². The van der Waals surface area contributed by atoms with Crippen LogP contribution in [0.3, 0.4) is 0 Å². The summed E-state index contributed by atoms with van der Waals surface area (Å²) in [5.41, 5.74) is 7.01. The Balaban J connectivity index is 2.36. The van der Waals surface area contributed by atoms with Crippen molar-refractivity contribution >= 4 is 17.2 Å². The van der Waals surface area contributed by atoms with Crippen molar-refractivity contribution in [3.8, 4) is 5.75 Å². The Morgan fingerprint density at radius 3 is 2.79 bits per heavy atom. The maximum atomic E-state index is 11.7. The Morgan fingerprint density at radius 1 is 1.53 bits per heavy atom. The number of thiocarbonyl (C=S) groups is 1. The van der Waals surface area contributed by atoms with E-state index in [1.54, 1.807) is 20.2 Å². The van der Waals surface area contributed by atoms with Crippen LogP contribution in [-0.4, -0.2) is 26.4 Å². The van der Waals surface area contributed by atoms with Crippen LogP contribution in [0, 0.1) is 0 Å². The number of nitrogens with two attached hydrogens (primary N) is 1. The first-order valence-electron chi connectivity index (χ1n) is 5.58. The van der Waals surface area contributed by atoms with Crippen molar-refractivity contribution in [1.29, 1.82) is 0 Å². The minimum absolute atomic E-state index is 0.173. The largest absolute Gasteiger partial charge is 0.496 e. The Labute approximate surface area is 115 Å². The lowest BCUT2D eigenvalue weighted by atomic mass is 10.1. The SMILES string of the molecule is COc1ccc(Cn2ncn(C)c2=O)cc1C(N)=S. The number of ether oxygens (including phenoxy) is 1. The zero-order valence-electron chi connectivity index (χ0n) is 10.7. The van der Waals surface area contributed by atoms with E-state index in [-0.39, 0.29) is 10.7 Å². The second-order valence-electron chi connectivity index (χ2n) is 4.08. The highest BCUT2D eigenvalue weighted by molar-refractivity contribution is 7.80. The molecule has 2 rings (SSSR count). The van der Waals surface area contributed by atoms with Crippen molar-refractivity contribution in [2.45, 2.75) is 6.54 Å². The molecule has 0 spiro atoms. The van der Waals surface area contributed by atoms with Gasteiger partial charge < -0.3 is 10.5 Å². The molecule has 0 aliphatic rings. The first-order valence-corrected chi connectivity index (χ1v) is 5.99. The summed E-state index contributed by atoms with van der Waals surface area (Å²) >= 11 is 4.98. The van der Waals surface area contributed by atoms with Crippen LogP contribution in [0.5, 0.6) is 5.75 Å². The number of methoxy groups -OCH3 is 1. The van der Waals surface area contributed by atoms with E-state index in [2.05, 4.69) is 5.10 Å². The summed E-state index contributed by atoms with van der Waals surface area (Å²) in [5.74, 6) is 0.615. The second-order valence-corrected chi connectivity index (χ2v) is 4.52. The molecule has 0 unspecified atom stereocenters. The summed E-state index contributed by atoms with van der Waals surface area (Å²) in [5, 5.41) is 4.00. The van der Waals surface area contributed by atoms with Crippen molar-refractivity contribution in [3.05, 3.63) is 46.1 Å². The molecule has 7 heteroatoms. The molecule has 0 aliphatic carbocycles. The zero-order chi connectivity index (χ0) is 14.0. The molecule has 2 aromatic rings. The van der Waals surface area contributed by atoms with Crippen molar-refractivity contribution in [3.63, 3.8) is 0 Å². The van der Waals surface area contributed by atoms with Gasteiger partial charge >= 0.3 is 5.69 Å². The van der Waals surface area contributed by atoms with Gasteiger partial charge in [-0.2, -0.15) is 5.10 Å². The van der Waals surface area contributed by atoms with Crippen LogP contribution in [0.25, 0.3) is 0 Å². The van der Waals surface area contributed by atoms with E-state index in [1.807, 2.05) is 12.1 Å². The molecule has 19 heavy (non-hydrogen) atoms. The third-order valence-electron chi connectivity index (χ3n) is 2.75. The number of aromatic nitrogens is 3. The highest BCUT2D eigenvalue weighted by Crippen LogP contribution is 2.20. The van der Waals surface area contributed by atoms with Crippen molar-refractivity contribution in [1.82, 2.24) is 14.3 Å². The molecule has 0 bridgehead atoms. The lowest BCUT2D eigenvalue weighted by Crippen LogP contribution is -2.23. The molecule has 0 fully saturated rings. The first-order chi connectivity index (χ1) is 9.02. The van der Waals surface area contributed by atoms with Gasteiger partial charge in [0.1, 0.15) is 17.1 Å². The topological polar surface area (TPSA) is 75.1 Å². The van der Waals surface area contributed by atoms with Crippen LogP contribution in [-0.2, 0) is 13.6 Å². The quantitative estimate of drug-likeness (QED) is 0.813. The fourth-order valence-electron chi connectivity index (χ4n) is 1.75. The van der Waals surface area contributed by atoms with Gasteiger partial charge in [0.25, 0.3) is 0 Å². The van der Waals surface area contributed by atoms with E-state index >= 15 is 0 Å². The summed E-state index contributed by atoms with van der Waals surface area (Å²) in [4.78, 5) is 12.0. The fraction of sp³-hybridized carbons (Fsp3) is 0.250. The van der Waals surface area contributed by atoms with Gasteiger partial charge in [-0.15, -0.1) is 0 Å². The van der Waals surface area contributed by atoms with Gasteiger partial charge in [0.05, 0.1) is 19.2 Å². The molecular formula is C12H14N4O2S. The van der Waals surface area contributed by atoms with E-state index in [0.717, 1.165) is 5.56 Å². The summed E-state index contributed by atoms with van der Waals surface area (Å²) in [7, 11) is 3.21. The van der Waals surface area contributed by atoms with Crippen LogP contribution >= 0.6 is 12.2 Å². The zero-order valence-corrected chi connectivity index (χ0v) is 11.5. The molecule has 2 N–H and O–H groups in total. The predicted molar refractivity (Wildman–Crippen MR) is 75.5 cm³/mol. The minimum atomic E-state index is -0.173. The van der Waals surface area contributed by atoms with Crippen LogP contribution in [0.1, 0.15) is 11.1 Å². The van der Waals surface area contributed by atoms with Crippen LogP contribution in [0.15, 0.2) is 29.3 Å². The molecule has 100 valence electrons. The molecule has 6 nitrogen and oxygen atoms in total. The lowest BCUT2D eigenvalue weighted by Gasteiger charge is -2.09. The van der Waals surface area contributed by atoms with Gasteiger partial charge in [0.15, 0.2) is 0 Å². The Kier molecular flexibility index (Phi) is 3.66. The van der Waals surface area contributed by atoms with Gasteiger partial charge in [0.2, 0.25) is 0 Å². The Bertz CT molecular complexity index is 675. The summed E-state index contributed by atoms with van der Waals surface area (Å²) in [6, 6.07) is 5.43. The third-order valence-corrected chi connectivity index (χ3v) is 2.97. The molecule has 0 radical (unpaired) electrons. The maximum Gasteiger partial charge on any atom is 0.345 e. The summed E-state index contributed by atoms with van der Waals surface area (Å²) in [6.07, 6.45) is 1.47. The van der Waals surface area contributed by atoms with Gasteiger partial charge in [-0.1, -0.05) is 18.3 Å². The molecule has 0 amide bonds. The number of hydrogen-bond acceptors (Lipinski definition) is 4. The number of aryl methyl sites for hydroxylation is 1. The van der Waals surface area contributed by atoms with Crippen molar-refractivity contribution in [2.75, 3.05) is 7.11 Å². The molecule has 0 saturated heterocycles.